The van der Waals surface area contributed by atoms with E-state index in [1.54, 1.807) is 24.4 Å². The normalized spacial score (nSPS) is 20.7. The van der Waals surface area contributed by atoms with E-state index in [4.69, 9.17) is 13.6 Å². The van der Waals surface area contributed by atoms with Crippen LogP contribution >= 0.6 is 7.82 Å². The minimum atomic E-state index is -4.08. The maximum atomic E-state index is 14.2. The van der Waals surface area contributed by atoms with Gasteiger partial charge in [0, 0.05) is 29.9 Å². The number of phosphoric ester groups is 1. The van der Waals surface area contributed by atoms with E-state index in [1.165, 1.54) is 24.0 Å². The summed E-state index contributed by atoms with van der Waals surface area (Å²) in [4.78, 5) is 28.2. The molecule has 226 valence electrons. The van der Waals surface area contributed by atoms with Crippen LogP contribution in [-0.2, 0) is 20.2 Å². The summed E-state index contributed by atoms with van der Waals surface area (Å²) in [6.07, 6.45) is 12.9. The van der Waals surface area contributed by atoms with Gasteiger partial charge in [0.05, 0.1) is 29.9 Å². The predicted molar refractivity (Wildman–Crippen MR) is 164 cm³/mol. The van der Waals surface area contributed by atoms with Crippen LogP contribution in [0.15, 0.2) is 48.7 Å². The molecule has 0 saturated heterocycles. The maximum absolute atomic E-state index is 14.2. The van der Waals surface area contributed by atoms with Crippen molar-refractivity contribution in [2.75, 3.05) is 13.2 Å². The van der Waals surface area contributed by atoms with Crippen molar-refractivity contribution in [1.29, 1.82) is 0 Å². The first-order valence-corrected chi connectivity index (χ1v) is 17.5. The average Bonchev–Trinajstić information content (AvgIpc) is 3.43. The molecule has 3 aromatic rings. The van der Waals surface area contributed by atoms with Gasteiger partial charge in [-0.3, -0.25) is 18.6 Å². The Hall–Kier alpha value is -2.99. The SMILES string of the molecule is CC1c2ccccc2Cn2cc3c(c21)C(=O)c1cccc(OP(=O)(OCC2CCCCC2)OCC2CCCCC2)c1C3=O. The largest absolute Gasteiger partial charge is 0.530 e. The van der Waals surface area contributed by atoms with Crippen molar-refractivity contribution in [3.8, 4) is 5.75 Å². The van der Waals surface area contributed by atoms with Crippen LogP contribution < -0.4 is 4.52 Å². The molecule has 0 bridgehead atoms. The Morgan fingerprint density at radius 3 is 2.07 bits per heavy atom. The second-order valence-corrected chi connectivity index (χ2v) is 14.4. The third kappa shape index (κ3) is 5.45. The highest BCUT2D eigenvalue weighted by molar-refractivity contribution is 7.48. The molecular weight excluding hydrogens is 561 g/mol. The minimum absolute atomic E-state index is 0.0342. The van der Waals surface area contributed by atoms with Gasteiger partial charge in [0.2, 0.25) is 0 Å². The molecular formula is C35H40NO6P. The third-order valence-corrected chi connectivity index (χ3v) is 11.3. The van der Waals surface area contributed by atoms with E-state index in [9.17, 15) is 14.2 Å². The quantitative estimate of drug-likeness (QED) is 0.188. The van der Waals surface area contributed by atoms with Crippen LogP contribution in [0, 0.1) is 11.8 Å². The summed E-state index contributed by atoms with van der Waals surface area (Å²) in [5, 5.41) is 0. The van der Waals surface area contributed by atoms with E-state index in [0.29, 0.717) is 42.7 Å². The summed E-state index contributed by atoms with van der Waals surface area (Å²) >= 11 is 0. The first-order chi connectivity index (χ1) is 20.9. The number of hydrogen-bond donors (Lipinski definition) is 0. The summed E-state index contributed by atoms with van der Waals surface area (Å²) < 4.78 is 34.4. The zero-order valence-corrected chi connectivity index (χ0v) is 25.8. The Kier molecular flexibility index (Phi) is 7.92. The number of carbonyl (C=O) groups is 2. The zero-order chi connectivity index (χ0) is 29.6. The van der Waals surface area contributed by atoms with Crippen LogP contribution in [0.5, 0.6) is 5.75 Å². The van der Waals surface area contributed by atoms with E-state index in [0.717, 1.165) is 57.1 Å². The second kappa shape index (κ2) is 11.8. The lowest BCUT2D eigenvalue weighted by Gasteiger charge is -2.28. The molecule has 7 nitrogen and oxygen atoms in total. The zero-order valence-electron chi connectivity index (χ0n) is 24.9. The Morgan fingerprint density at radius 1 is 0.767 bits per heavy atom. The standard InChI is InChI=1S/C35H40NO6P/c1-23-27-16-9-8-15-26(27)19-36-20-29-32(33(23)36)34(37)28-17-10-18-30(31(28)35(29)38)42-43(39,40-21-24-11-4-2-5-12-24)41-22-25-13-6-3-7-14-25/h8-10,15-18,20,23-25H,2-7,11-14,19,21-22H2,1H3. The molecule has 0 radical (unpaired) electrons. The molecule has 43 heavy (non-hydrogen) atoms. The molecule has 2 fully saturated rings. The van der Waals surface area contributed by atoms with Gasteiger partial charge in [-0.15, -0.1) is 0 Å². The van der Waals surface area contributed by atoms with Crippen LogP contribution in [0.25, 0.3) is 0 Å². The Labute approximate surface area is 253 Å². The van der Waals surface area contributed by atoms with Gasteiger partial charge in [0.25, 0.3) is 0 Å². The van der Waals surface area contributed by atoms with E-state index in [1.807, 2.05) is 16.7 Å². The predicted octanol–water partition coefficient (Wildman–Crippen LogP) is 8.46. The monoisotopic (exact) mass is 601 g/mol. The van der Waals surface area contributed by atoms with Crippen LogP contribution in [0.3, 0.4) is 0 Å². The number of fused-ring (bicyclic) bond motifs is 5. The molecule has 7 rings (SSSR count). The van der Waals surface area contributed by atoms with Gasteiger partial charge in [-0.25, -0.2) is 4.57 Å². The Bertz CT molecular complexity index is 1570. The fourth-order valence-electron chi connectivity index (χ4n) is 7.62. The molecule has 1 aromatic heterocycles. The number of benzene rings is 2. The summed E-state index contributed by atoms with van der Waals surface area (Å²) in [6, 6.07) is 13.2. The van der Waals surface area contributed by atoms with E-state index in [2.05, 4.69) is 19.1 Å². The van der Waals surface area contributed by atoms with Crippen LogP contribution in [0.1, 0.15) is 126 Å². The lowest BCUT2D eigenvalue weighted by molar-refractivity contribution is 0.0967. The minimum Gasteiger partial charge on any atom is -0.403 e. The number of ketones is 2. The van der Waals surface area contributed by atoms with Gasteiger partial charge in [0.1, 0.15) is 5.75 Å². The molecule has 3 aliphatic carbocycles. The van der Waals surface area contributed by atoms with Gasteiger partial charge in [-0.1, -0.05) is 81.8 Å². The molecule has 1 atom stereocenters. The molecule has 1 unspecified atom stereocenters. The summed E-state index contributed by atoms with van der Waals surface area (Å²) in [7, 11) is -4.08. The van der Waals surface area contributed by atoms with Gasteiger partial charge >= 0.3 is 7.82 Å². The molecule has 2 heterocycles. The number of nitrogens with zero attached hydrogens (tertiary/aromatic N) is 1. The van der Waals surface area contributed by atoms with Crippen molar-refractivity contribution in [2.45, 2.75) is 83.6 Å². The van der Waals surface area contributed by atoms with Crippen LogP contribution in [0.4, 0.5) is 0 Å². The number of phosphoric acid groups is 1. The van der Waals surface area contributed by atoms with Crippen molar-refractivity contribution in [1.82, 2.24) is 4.57 Å². The average molecular weight is 602 g/mol. The lowest BCUT2D eigenvalue weighted by Crippen LogP contribution is -2.24. The van der Waals surface area contributed by atoms with Gasteiger partial charge in [-0.2, -0.15) is 0 Å². The first-order valence-electron chi connectivity index (χ1n) is 16.0. The molecule has 2 saturated carbocycles. The number of aromatic nitrogens is 1. The number of carbonyl (C=O) groups excluding carboxylic acids is 2. The Morgan fingerprint density at radius 2 is 1.40 bits per heavy atom. The smallest absolute Gasteiger partial charge is 0.403 e. The highest BCUT2D eigenvalue weighted by Gasteiger charge is 2.41. The van der Waals surface area contributed by atoms with Gasteiger partial charge < -0.3 is 9.09 Å². The summed E-state index contributed by atoms with van der Waals surface area (Å²) in [5.74, 6) is 0.141. The number of rotatable bonds is 8. The van der Waals surface area contributed by atoms with Crippen LogP contribution in [-0.4, -0.2) is 29.3 Å². The third-order valence-electron chi connectivity index (χ3n) is 9.96. The molecule has 0 amide bonds. The van der Waals surface area contributed by atoms with Crippen molar-refractivity contribution < 1.29 is 27.7 Å². The van der Waals surface area contributed by atoms with Crippen molar-refractivity contribution >= 4 is 19.4 Å². The molecule has 0 N–H and O–H groups in total. The first kappa shape index (κ1) is 28.8. The molecule has 0 spiro atoms. The molecule has 4 aliphatic rings. The maximum Gasteiger partial charge on any atom is 0.530 e. The summed E-state index contributed by atoms with van der Waals surface area (Å²) in [6.45, 7) is 3.26. The van der Waals surface area contributed by atoms with E-state index >= 15 is 0 Å². The highest BCUT2D eigenvalue weighted by atomic mass is 31.2. The highest BCUT2D eigenvalue weighted by Crippen LogP contribution is 2.53. The second-order valence-electron chi connectivity index (χ2n) is 12.8. The molecule has 1 aliphatic heterocycles. The van der Waals surface area contributed by atoms with E-state index < -0.39 is 7.82 Å². The van der Waals surface area contributed by atoms with Gasteiger partial charge in [0.15, 0.2) is 11.6 Å². The summed E-state index contributed by atoms with van der Waals surface area (Å²) in [5.41, 5.74) is 4.44. The van der Waals surface area contributed by atoms with E-state index in [-0.39, 0.29) is 34.4 Å². The fourth-order valence-corrected chi connectivity index (χ4v) is 8.98. The van der Waals surface area contributed by atoms with Crippen molar-refractivity contribution in [3.05, 3.63) is 87.7 Å². The van der Waals surface area contributed by atoms with Crippen molar-refractivity contribution in [2.24, 2.45) is 11.8 Å². The fraction of sp³-hybridized carbons (Fsp3) is 0.486. The van der Waals surface area contributed by atoms with Crippen molar-refractivity contribution in [3.63, 3.8) is 0 Å². The lowest BCUT2D eigenvalue weighted by atomic mass is 9.81. The Balaban J connectivity index is 1.20. The van der Waals surface area contributed by atoms with Gasteiger partial charge in [-0.05, 0) is 54.7 Å². The molecule has 2 aromatic carbocycles. The topological polar surface area (TPSA) is 83.8 Å². The van der Waals surface area contributed by atoms with Crippen LogP contribution in [0.2, 0.25) is 0 Å². The molecule has 8 heteroatoms. The number of hydrogen-bond acceptors (Lipinski definition) is 6.